The van der Waals surface area contributed by atoms with E-state index in [0.29, 0.717) is 17.5 Å². The first-order valence-electron chi connectivity index (χ1n) is 20.1. The molecular weight excluding hydrogens is 707 g/mol. The number of hydrogen-bond donors (Lipinski definition) is 0. The second kappa shape index (κ2) is 13.4. The highest BCUT2D eigenvalue weighted by atomic mass is 15.0. The number of fused-ring (bicyclic) bond motifs is 7. The molecule has 58 heavy (non-hydrogen) atoms. The van der Waals surface area contributed by atoms with Crippen LogP contribution in [0.5, 0.6) is 0 Å². The van der Waals surface area contributed by atoms with Gasteiger partial charge in [-0.25, -0.2) is 15.0 Å². The minimum absolute atomic E-state index is 0.674. The lowest BCUT2D eigenvalue weighted by molar-refractivity contribution is 1.05. The van der Waals surface area contributed by atoms with Gasteiger partial charge in [-0.3, -0.25) is 0 Å². The fraction of sp³-hybridized carbons (Fsp3) is 0.151. The van der Waals surface area contributed by atoms with Crippen molar-refractivity contribution in [3.63, 3.8) is 0 Å². The van der Waals surface area contributed by atoms with E-state index in [1.807, 2.05) is 0 Å². The molecule has 0 aliphatic carbocycles. The van der Waals surface area contributed by atoms with Gasteiger partial charge in [0.05, 0.1) is 27.8 Å². The molecule has 0 saturated heterocycles. The van der Waals surface area contributed by atoms with E-state index in [9.17, 15) is 0 Å². The lowest BCUT2D eigenvalue weighted by Gasteiger charge is -2.18. The van der Waals surface area contributed by atoms with Crippen LogP contribution in [0.3, 0.4) is 0 Å². The zero-order valence-corrected chi connectivity index (χ0v) is 34.4. The Morgan fingerprint density at radius 3 is 1.43 bits per heavy atom. The summed E-state index contributed by atoms with van der Waals surface area (Å²) in [4.78, 5) is 15.7. The average Bonchev–Trinajstić information content (AvgIpc) is 3.70. The van der Waals surface area contributed by atoms with E-state index in [-0.39, 0.29) is 0 Å². The standard InChI is InChI=1S/C53H45N5/c1-30-24-32(3)46(33(4)25-30)52-54-51(55-53(56-52)47-34(5)26-31(2)27-35(47)6)38-28-36(7)49(37(8)29-38)58-44-21-15-13-19-42(44)48-45(58)23-22-41-40-18-12-14-20-43(40)57(50(41)48)39-16-10-9-11-17-39/h9-29H,1-8H3. The maximum atomic E-state index is 5.26. The number of hydrogen-bond acceptors (Lipinski definition) is 3. The molecule has 5 heteroatoms. The third-order valence-corrected chi connectivity index (χ3v) is 11.9. The topological polar surface area (TPSA) is 48.5 Å². The van der Waals surface area contributed by atoms with Crippen molar-refractivity contribution >= 4 is 43.6 Å². The summed E-state index contributed by atoms with van der Waals surface area (Å²) in [5.41, 5.74) is 19.6. The number of benzene rings is 7. The molecule has 3 aromatic heterocycles. The van der Waals surface area contributed by atoms with Gasteiger partial charge in [-0.2, -0.15) is 0 Å². The molecule has 0 atom stereocenters. The summed E-state index contributed by atoms with van der Waals surface area (Å²) in [5, 5.41) is 4.97. The van der Waals surface area contributed by atoms with Crippen LogP contribution in [0.25, 0.3) is 89.2 Å². The highest BCUT2D eigenvalue weighted by Crippen LogP contribution is 2.43. The average molecular weight is 752 g/mol. The number of nitrogens with zero attached hydrogens (tertiary/aromatic N) is 5. The van der Waals surface area contributed by atoms with Crippen molar-refractivity contribution in [2.45, 2.75) is 55.4 Å². The van der Waals surface area contributed by atoms with Crippen LogP contribution in [0.1, 0.15) is 44.5 Å². The molecule has 0 aliphatic rings. The molecule has 0 amide bonds. The summed E-state index contributed by atoms with van der Waals surface area (Å²) < 4.78 is 4.91. The Labute approximate surface area is 339 Å². The zero-order chi connectivity index (χ0) is 40.0. The van der Waals surface area contributed by atoms with Gasteiger partial charge in [0.25, 0.3) is 0 Å². The molecule has 282 valence electrons. The van der Waals surface area contributed by atoms with Crippen molar-refractivity contribution in [2.75, 3.05) is 0 Å². The van der Waals surface area contributed by atoms with Crippen molar-refractivity contribution in [3.05, 3.63) is 172 Å². The Kier molecular flexibility index (Phi) is 8.20. The molecule has 0 unspecified atom stereocenters. The second-order valence-corrected chi connectivity index (χ2v) is 16.2. The van der Waals surface area contributed by atoms with Crippen LogP contribution in [-0.2, 0) is 0 Å². The van der Waals surface area contributed by atoms with Crippen LogP contribution in [0.15, 0.2) is 127 Å². The van der Waals surface area contributed by atoms with Gasteiger partial charge in [-0.15, -0.1) is 0 Å². The number of rotatable bonds is 5. The van der Waals surface area contributed by atoms with Crippen LogP contribution in [-0.4, -0.2) is 24.1 Å². The number of aryl methyl sites for hydroxylation is 8. The van der Waals surface area contributed by atoms with E-state index in [2.05, 4.69) is 192 Å². The molecule has 0 fully saturated rings. The molecule has 0 bridgehead atoms. The van der Waals surface area contributed by atoms with E-state index in [1.165, 1.54) is 60.4 Å². The first-order chi connectivity index (χ1) is 28.1. The minimum Gasteiger partial charge on any atom is -0.309 e. The molecule has 0 radical (unpaired) electrons. The van der Waals surface area contributed by atoms with Crippen LogP contribution >= 0.6 is 0 Å². The quantitative estimate of drug-likeness (QED) is 0.176. The molecule has 0 N–H and O–H groups in total. The first kappa shape index (κ1) is 35.6. The Morgan fingerprint density at radius 2 is 0.862 bits per heavy atom. The summed E-state index contributed by atoms with van der Waals surface area (Å²) in [6.07, 6.45) is 0. The Bertz CT molecular complexity index is 3160. The van der Waals surface area contributed by atoms with Gasteiger partial charge in [0, 0.05) is 43.9 Å². The highest BCUT2D eigenvalue weighted by molar-refractivity contribution is 6.26. The van der Waals surface area contributed by atoms with Gasteiger partial charge in [0.15, 0.2) is 17.5 Å². The van der Waals surface area contributed by atoms with E-state index >= 15 is 0 Å². The predicted octanol–water partition coefficient (Wildman–Crippen LogP) is 13.5. The Morgan fingerprint density at radius 1 is 0.379 bits per heavy atom. The molecular formula is C53H45N5. The molecule has 7 aromatic carbocycles. The summed E-state index contributed by atoms with van der Waals surface area (Å²) in [6.45, 7) is 17.3. The van der Waals surface area contributed by atoms with Crippen LogP contribution in [0.2, 0.25) is 0 Å². The van der Waals surface area contributed by atoms with Crippen molar-refractivity contribution < 1.29 is 0 Å². The molecule has 0 aliphatic heterocycles. The Hall–Kier alpha value is -6.85. The fourth-order valence-corrected chi connectivity index (χ4v) is 9.83. The predicted molar refractivity (Wildman–Crippen MR) is 243 cm³/mol. The Balaban J connectivity index is 1.22. The molecule has 0 spiro atoms. The second-order valence-electron chi connectivity index (χ2n) is 16.2. The SMILES string of the molecule is Cc1cc(C)c(-c2nc(-c3cc(C)c(-n4c5ccccc5c5c4ccc4c6ccccc6n(-c6ccccc6)c45)c(C)c3)nc(-c3c(C)cc(C)cc3C)n2)c(C)c1. The molecule has 5 nitrogen and oxygen atoms in total. The van der Waals surface area contributed by atoms with Crippen LogP contribution in [0.4, 0.5) is 0 Å². The fourth-order valence-electron chi connectivity index (χ4n) is 9.83. The summed E-state index contributed by atoms with van der Waals surface area (Å²) >= 11 is 0. The van der Waals surface area contributed by atoms with Crippen LogP contribution in [0, 0.1) is 55.4 Å². The summed E-state index contributed by atoms with van der Waals surface area (Å²) in [7, 11) is 0. The van der Waals surface area contributed by atoms with Gasteiger partial charge in [-0.1, -0.05) is 96.1 Å². The first-order valence-corrected chi connectivity index (χ1v) is 20.1. The van der Waals surface area contributed by atoms with E-state index in [4.69, 9.17) is 15.0 Å². The molecule has 3 heterocycles. The maximum Gasteiger partial charge on any atom is 0.164 e. The van der Waals surface area contributed by atoms with Crippen LogP contribution < -0.4 is 0 Å². The number of para-hydroxylation sites is 3. The van der Waals surface area contributed by atoms with Gasteiger partial charge < -0.3 is 9.13 Å². The van der Waals surface area contributed by atoms with Gasteiger partial charge in [0.2, 0.25) is 0 Å². The summed E-state index contributed by atoms with van der Waals surface area (Å²) in [5.74, 6) is 2.08. The third-order valence-electron chi connectivity index (χ3n) is 11.9. The zero-order valence-electron chi connectivity index (χ0n) is 34.4. The van der Waals surface area contributed by atoms with Crippen molar-refractivity contribution in [1.29, 1.82) is 0 Å². The largest absolute Gasteiger partial charge is 0.309 e. The molecule has 0 saturated carbocycles. The number of aromatic nitrogens is 5. The lowest BCUT2D eigenvalue weighted by Crippen LogP contribution is -2.06. The maximum absolute atomic E-state index is 5.26. The van der Waals surface area contributed by atoms with Gasteiger partial charge >= 0.3 is 0 Å². The van der Waals surface area contributed by atoms with Crippen molar-refractivity contribution in [1.82, 2.24) is 24.1 Å². The van der Waals surface area contributed by atoms with Gasteiger partial charge in [0.1, 0.15) is 0 Å². The van der Waals surface area contributed by atoms with Gasteiger partial charge in [-0.05, 0) is 131 Å². The van der Waals surface area contributed by atoms with Crippen molar-refractivity contribution in [3.8, 4) is 45.5 Å². The van der Waals surface area contributed by atoms with E-state index in [1.54, 1.807) is 0 Å². The van der Waals surface area contributed by atoms with E-state index < -0.39 is 0 Å². The highest BCUT2D eigenvalue weighted by Gasteiger charge is 2.24. The minimum atomic E-state index is 0.674. The third kappa shape index (κ3) is 5.48. The lowest BCUT2D eigenvalue weighted by atomic mass is 9.97. The van der Waals surface area contributed by atoms with E-state index in [0.717, 1.165) is 55.8 Å². The summed E-state index contributed by atoms with van der Waals surface area (Å²) in [6, 6.07) is 46.4. The van der Waals surface area contributed by atoms with Crippen molar-refractivity contribution in [2.24, 2.45) is 0 Å². The molecule has 10 aromatic rings. The normalized spacial score (nSPS) is 11.8. The smallest absolute Gasteiger partial charge is 0.164 e. The monoisotopic (exact) mass is 751 g/mol. The molecule has 10 rings (SSSR count).